The van der Waals surface area contributed by atoms with Crippen LogP contribution in [0.3, 0.4) is 0 Å². The number of carbonyl (C=O) groups excluding carboxylic acids is 3. The summed E-state index contributed by atoms with van der Waals surface area (Å²) in [7, 11) is 0. The third kappa shape index (κ3) is 4.80. The zero-order valence-electron chi connectivity index (χ0n) is 21.1. The standard InChI is InChI=1S/C30H25NO7/c1-30(2,3)18-8-10-19(11-9-18)37-25-17-36-24-16-20(12-13-23(24)27(25)33)38-26(32)14-15-31-28(34)21-6-4-5-7-22(21)29(31)35/h4-13,16-17H,14-15H2,1-3H3. The molecule has 0 radical (unpaired) electrons. The number of benzene rings is 3. The molecule has 1 aliphatic heterocycles. The van der Waals surface area contributed by atoms with Gasteiger partial charge >= 0.3 is 5.97 Å². The zero-order valence-corrected chi connectivity index (χ0v) is 21.1. The van der Waals surface area contributed by atoms with Crippen molar-refractivity contribution in [3.63, 3.8) is 0 Å². The van der Waals surface area contributed by atoms with Crippen LogP contribution in [0.2, 0.25) is 0 Å². The summed E-state index contributed by atoms with van der Waals surface area (Å²) >= 11 is 0. The molecule has 0 saturated heterocycles. The van der Waals surface area contributed by atoms with Crippen molar-refractivity contribution in [2.45, 2.75) is 32.6 Å². The summed E-state index contributed by atoms with van der Waals surface area (Å²) in [5.74, 6) is -0.801. The summed E-state index contributed by atoms with van der Waals surface area (Å²) in [5, 5.41) is 0.264. The van der Waals surface area contributed by atoms with Crippen molar-refractivity contribution >= 4 is 28.8 Å². The van der Waals surface area contributed by atoms with E-state index in [1.807, 2.05) is 12.1 Å². The lowest BCUT2D eigenvalue weighted by molar-refractivity contribution is -0.134. The normalized spacial score (nSPS) is 13.1. The molecule has 8 heteroatoms. The van der Waals surface area contributed by atoms with Crippen molar-refractivity contribution in [2.24, 2.45) is 0 Å². The van der Waals surface area contributed by atoms with Crippen molar-refractivity contribution in [1.29, 1.82) is 0 Å². The van der Waals surface area contributed by atoms with Gasteiger partial charge in [0.25, 0.3) is 11.8 Å². The highest BCUT2D eigenvalue weighted by Gasteiger charge is 2.35. The Balaban J connectivity index is 1.24. The minimum absolute atomic E-state index is 0.00341. The van der Waals surface area contributed by atoms with Gasteiger partial charge in [-0.15, -0.1) is 0 Å². The Labute approximate surface area is 218 Å². The van der Waals surface area contributed by atoms with E-state index >= 15 is 0 Å². The van der Waals surface area contributed by atoms with Crippen molar-refractivity contribution in [3.8, 4) is 17.2 Å². The number of hydrogen-bond donors (Lipinski definition) is 0. The Kier molecular flexibility index (Phi) is 6.32. The average molecular weight is 512 g/mol. The monoisotopic (exact) mass is 511 g/mol. The van der Waals surface area contributed by atoms with E-state index in [4.69, 9.17) is 13.9 Å². The highest BCUT2D eigenvalue weighted by atomic mass is 16.5. The first-order valence-corrected chi connectivity index (χ1v) is 12.1. The molecule has 0 aliphatic carbocycles. The van der Waals surface area contributed by atoms with Crippen LogP contribution >= 0.6 is 0 Å². The number of amides is 2. The molecule has 4 aromatic rings. The van der Waals surface area contributed by atoms with Crippen molar-refractivity contribution in [3.05, 3.63) is 99.9 Å². The maximum Gasteiger partial charge on any atom is 0.313 e. The molecule has 0 N–H and O–H groups in total. The molecule has 2 amide bonds. The SMILES string of the molecule is CC(C)(C)c1ccc(Oc2coc3cc(OC(=O)CCN4C(=O)c5ccccc5C4=O)ccc3c2=O)cc1. The van der Waals surface area contributed by atoms with Crippen LogP contribution in [0.25, 0.3) is 11.0 Å². The molecule has 192 valence electrons. The van der Waals surface area contributed by atoms with E-state index in [-0.39, 0.29) is 46.3 Å². The Hall–Kier alpha value is -4.72. The summed E-state index contributed by atoms with van der Waals surface area (Å²) in [6, 6.07) is 18.4. The second kappa shape index (κ2) is 9.63. The van der Waals surface area contributed by atoms with E-state index in [0.29, 0.717) is 16.9 Å². The van der Waals surface area contributed by atoms with E-state index in [2.05, 4.69) is 20.8 Å². The number of ether oxygens (including phenoxy) is 2. The second-order valence-corrected chi connectivity index (χ2v) is 10.00. The maximum absolute atomic E-state index is 12.9. The number of rotatable bonds is 6. The number of nitrogens with zero attached hydrogens (tertiary/aromatic N) is 1. The first-order chi connectivity index (χ1) is 18.1. The molecule has 5 rings (SSSR count). The summed E-state index contributed by atoms with van der Waals surface area (Å²) < 4.78 is 16.7. The number of fused-ring (bicyclic) bond motifs is 2. The second-order valence-electron chi connectivity index (χ2n) is 10.00. The van der Waals surface area contributed by atoms with Gasteiger partial charge in [-0.25, -0.2) is 0 Å². The van der Waals surface area contributed by atoms with Gasteiger partial charge in [0.2, 0.25) is 11.2 Å². The first-order valence-electron chi connectivity index (χ1n) is 12.1. The predicted molar refractivity (Wildman–Crippen MR) is 140 cm³/mol. The Morgan fingerprint density at radius 2 is 1.50 bits per heavy atom. The quantitative estimate of drug-likeness (QED) is 0.192. The fraction of sp³-hybridized carbons (Fsp3) is 0.200. The van der Waals surface area contributed by atoms with Crippen LogP contribution in [0.5, 0.6) is 17.2 Å². The topological polar surface area (TPSA) is 103 Å². The molecule has 0 saturated carbocycles. The van der Waals surface area contributed by atoms with Gasteiger partial charge < -0.3 is 13.9 Å². The number of esters is 1. The predicted octanol–water partition coefficient (Wildman–Crippen LogP) is 5.47. The fourth-order valence-electron chi connectivity index (χ4n) is 4.20. The third-order valence-corrected chi connectivity index (χ3v) is 6.31. The molecule has 0 bridgehead atoms. The molecule has 0 unspecified atom stereocenters. The minimum atomic E-state index is -0.637. The molecule has 38 heavy (non-hydrogen) atoms. The Bertz CT molecular complexity index is 1590. The third-order valence-electron chi connectivity index (χ3n) is 6.31. The van der Waals surface area contributed by atoms with Crippen LogP contribution < -0.4 is 14.9 Å². The van der Waals surface area contributed by atoms with Gasteiger partial charge in [0.1, 0.15) is 23.3 Å². The molecule has 0 fully saturated rings. The Morgan fingerprint density at radius 3 is 2.13 bits per heavy atom. The van der Waals surface area contributed by atoms with E-state index in [1.54, 1.807) is 36.4 Å². The van der Waals surface area contributed by atoms with Crippen LogP contribution in [0.15, 0.2) is 82.2 Å². The summed E-state index contributed by atoms with van der Waals surface area (Å²) in [6.45, 7) is 6.23. The highest BCUT2D eigenvalue weighted by molar-refractivity contribution is 6.21. The number of imide groups is 1. The van der Waals surface area contributed by atoms with Crippen molar-refractivity contribution in [1.82, 2.24) is 4.90 Å². The van der Waals surface area contributed by atoms with E-state index < -0.39 is 17.8 Å². The molecule has 2 heterocycles. The smallest absolute Gasteiger partial charge is 0.313 e. The zero-order chi connectivity index (χ0) is 27.0. The molecular weight excluding hydrogens is 486 g/mol. The highest BCUT2D eigenvalue weighted by Crippen LogP contribution is 2.28. The average Bonchev–Trinajstić information content (AvgIpc) is 3.13. The lowest BCUT2D eigenvalue weighted by atomic mass is 9.87. The van der Waals surface area contributed by atoms with Gasteiger partial charge in [-0.05, 0) is 47.4 Å². The summed E-state index contributed by atoms with van der Waals surface area (Å²) in [4.78, 5) is 51.3. The molecule has 1 aromatic heterocycles. The summed E-state index contributed by atoms with van der Waals surface area (Å²) in [6.07, 6.45) is 1.03. The molecule has 3 aromatic carbocycles. The summed E-state index contributed by atoms with van der Waals surface area (Å²) in [5.41, 5.74) is 1.63. The molecule has 1 aliphatic rings. The van der Waals surface area contributed by atoms with Crippen LogP contribution in [-0.4, -0.2) is 29.2 Å². The molecule has 0 atom stereocenters. The van der Waals surface area contributed by atoms with Crippen LogP contribution in [0.4, 0.5) is 0 Å². The largest absolute Gasteiger partial charge is 0.460 e. The number of carbonyl (C=O) groups is 3. The van der Waals surface area contributed by atoms with Crippen LogP contribution in [0, 0.1) is 0 Å². The number of hydrogen-bond acceptors (Lipinski definition) is 7. The van der Waals surface area contributed by atoms with Gasteiger partial charge in [0, 0.05) is 12.6 Å². The van der Waals surface area contributed by atoms with E-state index in [1.165, 1.54) is 24.5 Å². The fourth-order valence-corrected chi connectivity index (χ4v) is 4.20. The van der Waals surface area contributed by atoms with Crippen LogP contribution in [-0.2, 0) is 10.2 Å². The van der Waals surface area contributed by atoms with Gasteiger partial charge in [0.15, 0.2) is 0 Å². The first kappa shape index (κ1) is 25.0. The van der Waals surface area contributed by atoms with Crippen molar-refractivity contribution in [2.75, 3.05) is 6.54 Å². The van der Waals surface area contributed by atoms with Gasteiger partial charge in [-0.2, -0.15) is 0 Å². The van der Waals surface area contributed by atoms with Gasteiger partial charge in [-0.3, -0.25) is 24.1 Å². The minimum Gasteiger partial charge on any atom is -0.460 e. The van der Waals surface area contributed by atoms with E-state index in [0.717, 1.165) is 10.5 Å². The molecule has 8 nitrogen and oxygen atoms in total. The van der Waals surface area contributed by atoms with Gasteiger partial charge in [0.05, 0.1) is 22.9 Å². The molecular formula is C30H25NO7. The maximum atomic E-state index is 12.9. The van der Waals surface area contributed by atoms with E-state index in [9.17, 15) is 19.2 Å². The lowest BCUT2D eigenvalue weighted by Gasteiger charge is -2.19. The van der Waals surface area contributed by atoms with Crippen LogP contribution in [0.1, 0.15) is 53.5 Å². The van der Waals surface area contributed by atoms with Gasteiger partial charge in [-0.1, -0.05) is 45.0 Å². The van der Waals surface area contributed by atoms with Crippen molar-refractivity contribution < 1.29 is 28.3 Å². The molecule has 0 spiro atoms. The lowest BCUT2D eigenvalue weighted by Crippen LogP contribution is -2.32. The Morgan fingerprint density at radius 1 is 0.868 bits per heavy atom.